The van der Waals surface area contributed by atoms with Crippen molar-refractivity contribution in [3.05, 3.63) is 24.0 Å². The summed E-state index contributed by atoms with van der Waals surface area (Å²) in [6, 6.07) is 5.32. The van der Waals surface area contributed by atoms with Crippen molar-refractivity contribution in [3.63, 3.8) is 0 Å². The van der Waals surface area contributed by atoms with E-state index in [-0.39, 0.29) is 12.0 Å². The van der Waals surface area contributed by atoms with E-state index in [9.17, 15) is 4.39 Å². The summed E-state index contributed by atoms with van der Waals surface area (Å²) in [5, 5.41) is 0. The SMILES string of the molecule is CCN1CCC[C@@H]1CN1C(N)N(CC2CCCCC2)C(N)N(c2ccc(OC)c(F)c2)C1N. The molecule has 1 aliphatic carbocycles. The number of hydrogen-bond acceptors (Lipinski definition) is 8. The lowest BCUT2D eigenvalue weighted by Gasteiger charge is -2.56. The highest BCUT2D eigenvalue weighted by atomic mass is 19.1. The molecule has 1 saturated carbocycles. The number of hydrogen-bond donors (Lipinski definition) is 3. The van der Waals surface area contributed by atoms with Crippen LogP contribution in [0.1, 0.15) is 51.9 Å². The molecule has 8 nitrogen and oxygen atoms in total. The minimum atomic E-state index is -0.551. The lowest BCUT2D eigenvalue weighted by Crippen LogP contribution is -2.79. The monoisotopic (exact) mass is 463 g/mol. The number of halogens is 1. The third-order valence-corrected chi connectivity index (χ3v) is 7.88. The molecule has 2 saturated heterocycles. The molecule has 3 unspecified atom stereocenters. The second-order valence-electron chi connectivity index (χ2n) is 9.79. The van der Waals surface area contributed by atoms with E-state index in [1.807, 2.05) is 11.0 Å². The number of benzene rings is 1. The smallest absolute Gasteiger partial charge is 0.167 e. The van der Waals surface area contributed by atoms with E-state index in [1.165, 1.54) is 51.7 Å². The van der Waals surface area contributed by atoms with Crippen molar-refractivity contribution in [2.75, 3.05) is 38.2 Å². The molecule has 1 aromatic carbocycles. The maximum atomic E-state index is 14.6. The Morgan fingerprint density at radius 1 is 0.939 bits per heavy atom. The fourth-order valence-corrected chi connectivity index (χ4v) is 5.96. The molecule has 3 fully saturated rings. The van der Waals surface area contributed by atoms with Gasteiger partial charge in [-0.25, -0.2) is 14.2 Å². The third-order valence-electron chi connectivity index (χ3n) is 7.88. The Kier molecular flexibility index (Phi) is 8.09. The number of ether oxygens (including phenoxy) is 1. The van der Waals surface area contributed by atoms with Crippen LogP contribution in [-0.4, -0.2) is 72.9 Å². The second-order valence-corrected chi connectivity index (χ2v) is 9.79. The van der Waals surface area contributed by atoms with Crippen LogP contribution in [0, 0.1) is 11.7 Å². The highest BCUT2D eigenvalue weighted by molar-refractivity contribution is 5.51. The molecule has 0 aromatic heterocycles. The molecular formula is C24H42FN7O. The standard InChI is InChI=1S/C24H42FN7O/c1-3-29-13-7-10-19(29)16-31-22(26)30(15-17-8-5-4-6-9-17)23(27)32(24(31)28)18-11-12-21(33-2)20(25)14-18/h11-12,14,17,19,22-24H,3-10,13,15-16,26-28H2,1-2H3/t19-,22?,23?,24?/m1/s1. The molecular weight excluding hydrogens is 421 g/mol. The lowest BCUT2D eigenvalue weighted by molar-refractivity contribution is -0.0758. The van der Waals surface area contributed by atoms with Crippen LogP contribution < -0.4 is 26.8 Å². The maximum absolute atomic E-state index is 14.6. The number of methoxy groups -OCH3 is 1. The van der Waals surface area contributed by atoms with Crippen LogP contribution in [0.4, 0.5) is 10.1 Å². The van der Waals surface area contributed by atoms with Crippen molar-refractivity contribution in [1.82, 2.24) is 14.7 Å². The maximum Gasteiger partial charge on any atom is 0.167 e. The Bertz CT molecular complexity index is 777. The molecule has 9 heteroatoms. The van der Waals surface area contributed by atoms with Gasteiger partial charge in [0.2, 0.25) is 0 Å². The van der Waals surface area contributed by atoms with Crippen molar-refractivity contribution in [3.8, 4) is 5.75 Å². The van der Waals surface area contributed by atoms with Crippen LogP contribution in [0.15, 0.2) is 18.2 Å². The molecule has 33 heavy (non-hydrogen) atoms. The van der Waals surface area contributed by atoms with E-state index >= 15 is 0 Å². The highest BCUT2D eigenvalue weighted by Crippen LogP contribution is 2.33. The number of likely N-dealkylation sites (tertiary alicyclic amines) is 1. The van der Waals surface area contributed by atoms with Gasteiger partial charge in [-0.15, -0.1) is 0 Å². The summed E-state index contributed by atoms with van der Waals surface area (Å²) in [4.78, 5) is 8.70. The first kappa shape index (κ1) is 24.6. The van der Waals surface area contributed by atoms with E-state index in [0.29, 0.717) is 17.6 Å². The molecule has 4 rings (SSSR count). The van der Waals surface area contributed by atoms with E-state index in [2.05, 4.69) is 21.6 Å². The number of anilines is 1. The van der Waals surface area contributed by atoms with Crippen molar-refractivity contribution in [1.29, 1.82) is 0 Å². The van der Waals surface area contributed by atoms with Crippen LogP contribution in [0.3, 0.4) is 0 Å². The summed E-state index contributed by atoms with van der Waals surface area (Å²) in [7, 11) is 1.46. The molecule has 4 atom stereocenters. The Hall–Kier alpha value is -1.49. The van der Waals surface area contributed by atoms with Gasteiger partial charge >= 0.3 is 0 Å². The minimum Gasteiger partial charge on any atom is -0.494 e. The van der Waals surface area contributed by atoms with Gasteiger partial charge in [0.25, 0.3) is 0 Å². The topological polar surface area (TPSA) is 100 Å². The van der Waals surface area contributed by atoms with Crippen LogP contribution >= 0.6 is 0 Å². The summed E-state index contributed by atoms with van der Waals surface area (Å²) in [5.74, 6) is 0.345. The largest absolute Gasteiger partial charge is 0.494 e. The number of nitrogens with two attached hydrogens (primary N) is 3. The first-order valence-corrected chi connectivity index (χ1v) is 12.6. The zero-order chi connectivity index (χ0) is 23.5. The van der Waals surface area contributed by atoms with Crippen LogP contribution in [0.2, 0.25) is 0 Å². The van der Waals surface area contributed by atoms with Gasteiger partial charge in [0.05, 0.1) is 7.11 Å². The van der Waals surface area contributed by atoms with Gasteiger partial charge < -0.3 is 15.4 Å². The Labute approximate surface area is 197 Å². The first-order chi connectivity index (χ1) is 15.9. The Morgan fingerprint density at radius 2 is 1.64 bits per heavy atom. The van der Waals surface area contributed by atoms with Gasteiger partial charge in [0.1, 0.15) is 18.9 Å². The van der Waals surface area contributed by atoms with Crippen LogP contribution in [0.25, 0.3) is 0 Å². The number of nitrogens with zero attached hydrogens (tertiary/aromatic N) is 4. The normalized spacial score (nSPS) is 30.8. The molecule has 0 amide bonds. The predicted octanol–water partition coefficient (Wildman–Crippen LogP) is 2.05. The zero-order valence-electron chi connectivity index (χ0n) is 20.2. The van der Waals surface area contributed by atoms with Crippen molar-refractivity contribution < 1.29 is 9.13 Å². The molecule has 0 spiro atoms. The van der Waals surface area contributed by atoms with Gasteiger partial charge in [-0.05, 0) is 56.8 Å². The third kappa shape index (κ3) is 5.13. The van der Waals surface area contributed by atoms with Gasteiger partial charge in [-0.3, -0.25) is 16.4 Å². The average Bonchev–Trinajstić information content (AvgIpc) is 3.28. The molecule has 2 heterocycles. The summed E-state index contributed by atoms with van der Waals surface area (Å²) in [6.07, 6.45) is 7.08. The summed E-state index contributed by atoms with van der Waals surface area (Å²) in [6.45, 7) is 5.91. The summed E-state index contributed by atoms with van der Waals surface area (Å²) < 4.78 is 19.7. The molecule has 186 valence electrons. The molecule has 1 aromatic rings. The van der Waals surface area contributed by atoms with Gasteiger partial charge in [-0.1, -0.05) is 26.2 Å². The van der Waals surface area contributed by atoms with Gasteiger partial charge in [0, 0.05) is 30.9 Å². The van der Waals surface area contributed by atoms with E-state index < -0.39 is 18.4 Å². The molecule has 3 aliphatic rings. The fourth-order valence-electron chi connectivity index (χ4n) is 5.96. The Balaban J connectivity index is 1.63. The molecule has 2 aliphatic heterocycles. The lowest BCUT2D eigenvalue weighted by atomic mass is 9.89. The molecule has 0 bridgehead atoms. The van der Waals surface area contributed by atoms with Crippen molar-refractivity contribution in [2.45, 2.75) is 76.8 Å². The molecule has 6 N–H and O–H groups in total. The van der Waals surface area contributed by atoms with Crippen molar-refractivity contribution in [2.24, 2.45) is 23.1 Å². The fraction of sp³-hybridized carbons (Fsp3) is 0.750. The Morgan fingerprint density at radius 3 is 2.27 bits per heavy atom. The van der Waals surface area contributed by atoms with Crippen LogP contribution in [-0.2, 0) is 0 Å². The quantitative estimate of drug-likeness (QED) is 0.565. The van der Waals surface area contributed by atoms with Gasteiger partial charge in [-0.2, -0.15) is 0 Å². The van der Waals surface area contributed by atoms with Crippen molar-refractivity contribution >= 4 is 5.69 Å². The summed E-state index contributed by atoms with van der Waals surface area (Å²) >= 11 is 0. The van der Waals surface area contributed by atoms with Gasteiger partial charge in [0.15, 0.2) is 11.6 Å². The average molecular weight is 464 g/mol. The molecule has 0 radical (unpaired) electrons. The first-order valence-electron chi connectivity index (χ1n) is 12.6. The highest BCUT2D eigenvalue weighted by Gasteiger charge is 2.44. The number of rotatable bonds is 7. The minimum absolute atomic E-state index is 0.204. The summed E-state index contributed by atoms with van der Waals surface area (Å²) in [5.41, 5.74) is 21.1. The zero-order valence-corrected chi connectivity index (χ0v) is 20.2. The van der Waals surface area contributed by atoms with Crippen LogP contribution in [0.5, 0.6) is 5.75 Å². The van der Waals surface area contributed by atoms with E-state index in [1.54, 1.807) is 6.07 Å². The second kappa shape index (κ2) is 10.8. The number of likely N-dealkylation sites (N-methyl/N-ethyl adjacent to an activating group) is 1. The van der Waals surface area contributed by atoms with E-state index in [0.717, 1.165) is 32.6 Å². The predicted molar refractivity (Wildman–Crippen MR) is 130 cm³/mol. The van der Waals surface area contributed by atoms with E-state index in [4.69, 9.17) is 21.9 Å².